The summed E-state index contributed by atoms with van der Waals surface area (Å²) < 4.78 is 27.1. The Morgan fingerprint density at radius 3 is 1.71 bits per heavy atom. The van der Waals surface area contributed by atoms with E-state index in [1.165, 1.54) is 0 Å². The number of ether oxygens (including phenoxy) is 5. The van der Waals surface area contributed by atoms with Crippen LogP contribution in [-0.4, -0.2) is 158 Å². The molecule has 3 aliphatic heterocycles. The topological polar surface area (TPSA) is 257 Å². The van der Waals surface area contributed by atoms with Crippen LogP contribution in [0.15, 0.2) is 0 Å². The fourth-order valence-corrected chi connectivity index (χ4v) is 4.24. The predicted octanol–water partition coefficient (Wildman–Crippen LogP) is -6.79. The second-order valence-electron chi connectivity index (χ2n) is 8.58. The van der Waals surface area contributed by atoms with Crippen molar-refractivity contribution >= 4 is 5.91 Å². The number of carbonyl (C=O) groups excluding carboxylic acids is 1. The minimum atomic E-state index is -1.86. The van der Waals surface area contributed by atoms with E-state index in [-0.39, 0.29) is 0 Å². The Morgan fingerprint density at radius 1 is 0.686 bits per heavy atom. The summed E-state index contributed by atoms with van der Waals surface area (Å²) >= 11 is 0. The van der Waals surface area contributed by atoms with Gasteiger partial charge >= 0.3 is 0 Å². The summed E-state index contributed by atoms with van der Waals surface area (Å²) in [5.74, 6) is -0.655. The lowest BCUT2D eigenvalue weighted by Crippen LogP contribution is -2.68. The standard InChI is InChI=1S/C19H33NO15/c1-5(24)20-9-15(34-19-14(29)11(26)7(3-22)33-19)12(27)8(4-23)32-18(9)35-16-13(28)10(25)6(2-21)31-17(16)30/h6-19,21-23,25-30H,2-4H2,1H3,(H,20,24)/t6-,7-,8-,9-,10-,11-,12-,13+,14+,15-,16+,17?,18+,19+/m1/s1. The Balaban J connectivity index is 1.85. The second-order valence-corrected chi connectivity index (χ2v) is 8.58. The Labute approximate surface area is 199 Å². The van der Waals surface area contributed by atoms with Crippen molar-refractivity contribution < 1.29 is 74.4 Å². The predicted molar refractivity (Wildman–Crippen MR) is 107 cm³/mol. The van der Waals surface area contributed by atoms with E-state index in [1.807, 2.05) is 0 Å². The van der Waals surface area contributed by atoms with Gasteiger partial charge < -0.3 is 75.0 Å². The van der Waals surface area contributed by atoms with Crippen LogP contribution >= 0.6 is 0 Å². The van der Waals surface area contributed by atoms with E-state index in [0.29, 0.717) is 0 Å². The summed E-state index contributed by atoms with van der Waals surface area (Å²) in [5, 5.41) is 92.3. The Bertz CT molecular complexity index is 701. The van der Waals surface area contributed by atoms with Crippen LogP contribution in [-0.2, 0) is 28.5 Å². The molecule has 204 valence electrons. The normalized spacial score (nSPS) is 48.6. The lowest BCUT2D eigenvalue weighted by atomic mass is 9.95. The SMILES string of the molecule is CC(=O)N[C@H]1[C@H](O[C@@H]2C(O)O[C@H](CO)[C@@H](O)[C@@H]2O)O[C@H](CO)[C@@H](O)[C@@H]1O[C@@H]1O[C@H](CO)[C@@H](O)[C@@H]1O. The molecule has 1 unspecified atom stereocenters. The zero-order valence-electron chi connectivity index (χ0n) is 18.7. The molecule has 0 radical (unpaired) electrons. The number of nitrogens with one attached hydrogen (secondary N) is 1. The maximum absolute atomic E-state index is 11.9. The van der Waals surface area contributed by atoms with Crippen molar-refractivity contribution in [3.8, 4) is 0 Å². The molecule has 0 aromatic carbocycles. The van der Waals surface area contributed by atoms with Gasteiger partial charge in [-0.1, -0.05) is 0 Å². The zero-order chi connectivity index (χ0) is 26.0. The minimum Gasteiger partial charge on any atom is -0.394 e. The highest BCUT2D eigenvalue weighted by molar-refractivity contribution is 5.73. The molecule has 16 heteroatoms. The van der Waals surface area contributed by atoms with E-state index < -0.39 is 112 Å². The van der Waals surface area contributed by atoms with E-state index in [2.05, 4.69) is 5.32 Å². The molecule has 3 aliphatic rings. The van der Waals surface area contributed by atoms with E-state index in [0.717, 1.165) is 6.92 Å². The highest BCUT2D eigenvalue weighted by Crippen LogP contribution is 2.32. The van der Waals surface area contributed by atoms with Crippen LogP contribution in [0.2, 0.25) is 0 Å². The maximum atomic E-state index is 11.9. The fourth-order valence-electron chi connectivity index (χ4n) is 4.24. The minimum absolute atomic E-state index is 0.650. The van der Waals surface area contributed by atoms with E-state index in [1.54, 1.807) is 0 Å². The van der Waals surface area contributed by atoms with Gasteiger partial charge in [-0.3, -0.25) is 4.79 Å². The van der Waals surface area contributed by atoms with Gasteiger partial charge in [0.15, 0.2) is 18.9 Å². The van der Waals surface area contributed by atoms with Gasteiger partial charge in [-0.2, -0.15) is 0 Å². The molecule has 14 atom stereocenters. The molecule has 0 saturated carbocycles. The first-order valence-electron chi connectivity index (χ1n) is 11.0. The van der Waals surface area contributed by atoms with Crippen molar-refractivity contribution in [2.45, 2.75) is 92.9 Å². The Kier molecular flexibility index (Phi) is 9.74. The number of hydrogen-bond acceptors (Lipinski definition) is 15. The third-order valence-corrected chi connectivity index (χ3v) is 6.15. The van der Waals surface area contributed by atoms with Crippen LogP contribution in [0.4, 0.5) is 0 Å². The Hall–Kier alpha value is -1.09. The van der Waals surface area contributed by atoms with Gasteiger partial charge in [-0.25, -0.2) is 0 Å². The highest BCUT2D eigenvalue weighted by atomic mass is 16.7. The Morgan fingerprint density at radius 2 is 1.17 bits per heavy atom. The molecule has 0 bridgehead atoms. The van der Waals surface area contributed by atoms with Gasteiger partial charge in [-0.15, -0.1) is 0 Å². The van der Waals surface area contributed by atoms with Gasteiger partial charge in [0.25, 0.3) is 0 Å². The van der Waals surface area contributed by atoms with Crippen LogP contribution < -0.4 is 5.32 Å². The van der Waals surface area contributed by atoms with E-state index in [9.17, 15) is 50.8 Å². The van der Waals surface area contributed by atoms with Gasteiger partial charge in [0, 0.05) is 6.92 Å². The molecular formula is C19H33NO15. The quantitative estimate of drug-likeness (QED) is 0.144. The average molecular weight is 515 g/mol. The number of carbonyl (C=O) groups is 1. The first-order chi connectivity index (χ1) is 16.5. The van der Waals surface area contributed by atoms with Gasteiger partial charge in [0.2, 0.25) is 5.91 Å². The van der Waals surface area contributed by atoms with Gasteiger partial charge in [0.1, 0.15) is 67.1 Å². The van der Waals surface area contributed by atoms with Crippen LogP contribution in [0.1, 0.15) is 6.92 Å². The summed E-state index contributed by atoms with van der Waals surface area (Å²) in [6, 6.07) is -1.40. The lowest BCUT2D eigenvalue weighted by Gasteiger charge is -2.47. The number of aliphatic hydroxyl groups is 9. The molecule has 35 heavy (non-hydrogen) atoms. The van der Waals surface area contributed by atoms with Crippen LogP contribution in [0.3, 0.4) is 0 Å². The fraction of sp³-hybridized carbons (Fsp3) is 0.947. The summed E-state index contributed by atoms with van der Waals surface area (Å²) in [7, 11) is 0. The summed E-state index contributed by atoms with van der Waals surface area (Å²) in [6.45, 7) is -1.02. The molecule has 10 N–H and O–H groups in total. The van der Waals surface area contributed by atoms with Crippen molar-refractivity contribution in [3.63, 3.8) is 0 Å². The average Bonchev–Trinajstić information content (AvgIpc) is 3.09. The van der Waals surface area contributed by atoms with Gasteiger partial charge in [-0.05, 0) is 0 Å². The van der Waals surface area contributed by atoms with E-state index in [4.69, 9.17) is 23.7 Å². The summed E-state index contributed by atoms with van der Waals surface area (Å²) in [5.41, 5.74) is 0. The molecule has 3 fully saturated rings. The first-order valence-corrected chi connectivity index (χ1v) is 11.0. The van der Waals surface area contributed by atoms with Crippen molar-refractivity contribution in [2.75, 3.05) is 19.8 Å². The molecule has 3 saturated heterocycles. The number of aliphatic hydroxyl groups excluding tert-OH is 9. The molecule has 0 aromatic heterocycles. The monoisotopic (exact) mass is 515 g/mol. The van der Waals surface area contributed by atoms with Gasteiger partial charge in [0.05, 0.1) is 19.8 Å². The third-order valence-electron chi connectivity index (χ3n) is 6.15. The molecule has 16 nitrogen and oxygen atoms in total. The van der Waals surface area contributed by atoms with Crippen LogP contribution in [0, 0.1) is 0 Å². The number of hydrogen-bond donors (Lipinski definition) is 10. The van der Waals surface area contributed by atoms with Crippen molar-refractivity contribution in [2.24, 2.45) is 0 Å². The first kappa shape index (κ1) is 28.5. The summed E-state index contributed by atoms with van der Waals surface area (Å²) in [6.07, 6.45) is -20.4. The molecular weight excluding hydrogens is 482 g/mol. The molecule has 0 aliphatic carbocycles. The molecule has 3 heterocycles. The zero-order valence-corrected chi connectivity index (χ0v) is 18.7. The molecule has 1 amide bonds. The second kappa shape index (κ2) is 12.0. The number of amides is 1. The summed E-state index contributed by atoms with van der Waals surface area (Å²) in [4.78, 5) is 11.9. The number of rotatable bonds is 8. The lowest BCUT2D eigenvalue weighted by molar-refractivity contribution is -0.356. The molecule has 0 aromatic rings. The van der Waals surface area contributed by atoms with Crippen molar-refractivity contribution in [3.05, 3.63) is 0 Å². The highest BCUT2D eigenvalue weighted by Gasteiger charge is 2.54. The maximum Gasteiger partial charge on any atom is 0.217 e. The van der Waals surface area contributed by atoms with E-state index >= 15 is 0 Å². The third kappa shape index (κ3) is 5.91. The largest absolute Gasteiger partial charge is 0.394 e. The molecule has 0 spiro atoms. The van der Waals surface area contributed by atoms with Crippen molar-refractivity contribution in [1.29, 1.82) is 0 Å². The van der Waals surface area contributed by atoms with Crippen LogP contribution in [0.5, 0.6) is 0 Å². The van der Waals surface area contributed by atoms with Crippen molar-refractivity contribution in [1.82, 2.24) is 5.32 Å². The smallest absolute Gasteiger partial charge is 0.217 e. The van der Waals surface area contributed by atoms with Crippen LogP contribution in [0.25, 0.3) is 0 Å². The molecule has 3 rings (SSSR count).